The molecule has 0 saturated carbocycles. The molecule has 0 bridgehead atoms. The molecule has 1 aromatic rings. The highest BCUT2D eigenvalue weighted by molar-refractivity contribution is 7.99. The highest BCUT2D eigenvalue weighted by atomic mass is 32.2. The van der Waals surface area contributed by atoms with Gasteiger partial charge < -0.3 is 15.3 Å². The molecule has 1 unspecified atom stereocenters. The van der Waals surface area contributed by atoms with Crippen LogP contribution in [0.25, 0.3) is 0 Å². The Labute approximate surface area is 119 Å². The Kier molecular flexibility index (Phi) is 4.65. The molecule has 0 spiro atoms. The number of amides is 2. The zero-order valence-corrected chi connectivity index (χ0v) is 12.1. The van der Waals surface area contributed by atoms with Gasteiger partial charge in [0, 0.05) is 24.1 Å². The van der Waals surface area contributed by atoms with Crippen molar-refractivity contribution in [1.29, 1.82) is 0 Å². The zero-order chi connectivity index (χ0) is 13.8. The predicted octanol–water partition coefficient (Wildman–Crippen LogP) is 1.16. The summed E-state index contributed by atoms with van der Waals surface area (Å²) in [6.45, 7) is 2.40. The Hall–Kier alpha value is -1.28. The number of hydrogen-bond acceptors (Lipinski definition) is 5. The maximum absolute atomic E-state index is 11.9. The lowest BCUT2D eigenvalue weighted by atomic mass is 10.3. The molecule has 1 aliphatic rings. The van der Waals surface area contributed by atoms with Gasteiger partial charge in [0.1, 0.15) is 6.04 Å². The Balaban J connectivity index is 1.79. The first kappa shape index (κ1) is 14.1. The average Bonchev–Trinajstić information content (AvgIpc) is 2.97. The standard InChI is InChI=1S/C11H15N3O3S2/c1-7-13-8(4-19-7)2-3-12-11(17)14-6-18-5-9(14)10(15)16/h4,9H,2-3,5-6H2,1H3,(H,12,17)(H,15,16). The van der Waals surface area contributed by atoms with Crippen molar-refractivity contribution >= 4 is 35.1 Å². The van der Waals surface area contributed by atoms with Crippen molar-refractivity contribution in [3.05, 3.63) is 16.1 Å². The molecule has 104 valence electrons. The van der Waals surface area contributed by atoms with E-state index in [0.717, 1.165) is 10.7 Å². The Morgan fingerprint density at radius 2 is 2.42 bits per heavy atom. The summed E-state index contributed by atoms with van der Waals surface area (Å²) < 4.78 is 0. The highest BCUT2D eigenvalue weighted by Crippen LogP contribution is 2.20. The van der Waals surface area contributed by atoms with Gasteiger partial charge in [0.05, 0.1) is 16.6 Å². The zero-order valence-electron chi connectivity index (χ0n) is 10.5. The SMILES string of the molecule is Cc1nc(CCNC(=O)N2CSCC2C(=O)O)cs1. The lowest BCUT2D eigenvalue weighted by Gasteiger charge is -2.20. The molecule has 1 fully saturated rings. The fraction of sp³-hybridized carbons (Fsp3) is 0.545. The number of carboxylic acids is 1. The molecule has 2 amide bonds. The minimum Gasteiger partial charge on any atom is -0.480 e. The fourth-order valence-electron chi connectivity index (χ4n) is 1.77. The minimum atomic E-state index is -0.949. The van der Waals surface area contributed by atoms with Crippen LogP contribution < -0.4 is 5.32 Å². The number of hydrogen-bond donors (Lipinski definition) is 2. The normalized spacial score (nSPS) is 18.6. The second kappa shape index (κ2) is 6.25. The molecule has 2 rings (SSSR count). The largest absolute Gasteiger partial charge is 0.480 e. The summed E-state index contributed by atoms with van der Waals surface area (Å²) in [5.74, 6) is -0.0672. The van der Waals surface area contributed by atoms with Crippen LogP contribution in [-0.2, 0) is 11.2 Å². The number of aliphatic carboxylic acids is 1. The van der Waals surface area contributed by atoms with Gasteiger partial charge in [-0.1, -0.05) is 0 Å². The van der Waals surface area contributed by atoms with Crippen LogP contribution in [0.2, 0.25) is 0 Å². The van der Waals surface area contributed by atoms with E-state index in [1.165, 1.54) is 16.7 Å². The molecule has 2 heterocycles. The first-order valence-corrected chi connectivity index (χ1v) is 7.87. The number of thioether (sulfide) groups is 1. The van der Waals surface area contributed by atoms with Crippen LogP contribution in [0.5, 0.6) is 0 Å². The molecular weight excluding hydrogens is 286 g/mol. The van der Waals surface area contributed by atoms with E-state index in [1.807, 2.05) is 12.3 Å². The third-order valence-corrected chi connectivity index (χ3v) is 4.59. The van der Waals surface area contributed by atoms with Crippen molar-refractivity contribution in [3.8, 4) is 0 Å². The van der Waals surface area contributed by atoms with Crippen molar-refractivity contribution in [3.63, 3.8) is 0 Å². The number of nitrogens with one attached hydrogen (secondary N) is 1. The van der Waals surface area contributed by atoms with E-state index in [2.05, 4.69) is 10.3 Å². The van der Waals surface area contributed by atoms with Gasteiger partial charge in [-0.05, 0) is 6.92 Å². The molecule has 8 heteroatoms. The topological polar surface area (TPSA) is 82.5 Å². The fourth-order valence-corrected chi connectivity index (χ4v) is 3.56. The number of urea groups is 1. The number of carboxylic acid groups (broad SMARTS) is 1. The molecule has 6 nitrogen and oxygen atoms in total. The number of carbonyl (C=O) groups is 2. The quantitative estimate of drug-likeness (QED) is 0.872. The first-order valence-electron chi connectivity index (χ1n) is 5.84. The summed E-state index contributed by atoms with van der Waals surface area (Å²) in [6, 6.07) is -1.03. The van der Waals surface area contributed by atoms with Crippen LogP contribution in [0.3, 0.4) is 0 Å². The van der Waals surface area contributed by atoms with Crippen molar-refractivity contribution in [1.82, 2.24) is 15.2 Å². The van der Waals surface area contributed by atoms with Gasteiger partial charge in [0.25, 0.3) is 0 Å². The Morgan fingerprint density at radius 3 is 3.05 bits per heavy atom. The smallest absolute Gasteiger partial charge is 0.327 e. The molecule has 19 heavy (non-hydrogen) atoms. The molecule has 1 aliphatic heterocycles. The lowest BCUT2D eigenvalue weighted by molar-refractivity contribution is -0.140. The van der Waals surface area contributed by atoms with Gasteiger partial charge >= 0.3 is 12.0 Å². The van der Waals surface area contributed by atoms with E-state index < -0.39 is 12.0 Å². The molecule has 2 N–H and O–H groups in total. The Bertz CT molecular complexity index is 478. The van der Waals surface area contributed by atoms with Gasteiger partial charge in [-0.3, -0.25) is 0 Å². The summed E-state index contributed by atoms with van der Waals surface area (Å²) in [6.07, 6.45) is 0.662. The van der Waals surface area contributed by atoms with Gasteiger partial charge in [-0.25, -0.2) is 14.6 Å². The van der Waals surface area contributed by atoms with E-state index in [4.69, 9.17) is 5.11 Å². The predicted molar refractivity (Wildman–Crippen MR) is 74.5 cm³/mol. The third-order valence-electron chi connectivity index (χ3n) is 2.75. The summed E-state index contributed by atoms with van der Waals surface area (Å²) in [4.78, 5) is 28.5. The molecular formula is C11H15N3O3S2. The number of nitrogens with zero attached hydrogens (tertiary/aromatic N) is 2. The molecule has 1 aromatic heterocycles. The monoisotopic (exact) mass is 301 g/mol. The minimum absolute atomic E-state index is 0.315. The van der Waals surface area contributed by atoms with Crippen LogP contribution in [-0.4, -0.2) is 51.2 Å². The average molecular weight is 301 g/mol. The molecule has 0 radical (unpaired) electrons. The van der Waals surface area contributed by atoms with Crippen LogP contribution >= 0.6 is 23.1 Å². The molecule has 0 aliphatic carbocycles. The van der Waals surface area contributed by atoms with Gasteiger partial charge in [0.2, 0.25) is 0 Å². The van der Waals surface area contributed by atoms with Crippen molar-refractivity contribution in [2.45, 2.75) is 19.4 Å². The molecule has 1 atom stereocenters. The maximum Gasteiger partial charge on any atom is 0.327 e. The van der Waals surface area contributed by atoms with Crippen LogP contribution in [0.15, 0.2) is 5.38 Å². The van der Waals surface area contributed by atoms with Crippen LogP contribution in [0.4, 0.5) is 4.79 Å². The van der Waals surface area contributed by atoms with Crippen LogP contribution in [0.1, 0.15) is 10.7 Å². The lowest BCUT2D eigenvalue weighted by Crippen LogP contribution is -2.47. The van der Waals surface area contributed by atoms with Gasteiger partial charge in [0.15, 0.2) is 0 Å². The highest BCUT2D eigenvalue weighted by Gasteiger charge is 2.34. The maximum atomic E-state index is 11.9. The van der Waals surface area contributed by atoms with Gasteiger partial charge in [-0.15, -0.1) is 23.1 Å². The van der Waals surface area contributed by atoms with Crippen molar-refractivity contribution in [2.75, 3.05) is 18.2 Å². The second-order valence-electron chi connectivity index (χ2n) is 4.16. The summed E-state index contributed by atoms with van der Waals surface area (Å²) in [7, 11) is 0. The first-order chi connectivity index (χ1) is 9.08. The van der Waals surface area contributed by atoms with E-state index >= 15 is 0 Å². The number of thiazole rings is 1. The summed E-state index contributed by atoms with van der Waals surface area (Å²) in [5.41, 5.74) is 0.952. The van der Waals surface area contributed by atoms with E-state index in [0.29, 0.717) is 24.6 Å². The number of carbonyl (C=O) groups excluding carboxylic acids is 1. The molecule has 1 saturated heterocycles. The Morgan fingerprint density at radius 1 is 1.63 bits per heavy atom. The third kappa shape index (κ3) is 3.60. The van der Waals surface area contributed by atoms with E-state index in [-0.39, 0.29) is 6.03 Å². The number of aryl methyl sites for hydroxylation is 1. The second-order valence-corrected chi connectivity index (χ2v) is 6.23. The van der Waals surface area contributed by atoms with E-state index in [9.17, 15) is 9.59 Å². The number of aromatic nitrogens is 1. The summed E-state index contributed by atoms with van der Waals surface area (Å²) >= 11 is 3.03. The van der Waals surface area contributed by atoms with E-state index in [1.54, 1.807) is 11.3 Å². The van der Waals surface area contributed by atoms with Crippen molar-refractivity contribution in [2.24, 2.45) is 0 Å². The summed E-state index contributed by atoms with van der Waals surface area (Å²) in [5, 5.41) is 14.7. The van der Waals surface area contributed by atoms with Crippen LogP contribution in [0, 0.1) is 6.92 Å². The van der Waals surface area contributed by atoms with Crippen molar-refractivity contribution < 1.29 is 14.7 Å². The molecule has 0 aromatic carbocycles. The van der Waals surface area contributed by atoms with Gasteiger partial charge in [-0.2, -0.15) is 0 Å². The number of rotatable bonds is 4.